The Labute approximate surface area is 213 Å². The summed E-state index contributed by atoms with van der Waals surface area (Å²) in [4.78, 5) is 14.3. The van der Waals surface area contributed by atoms with Crippen molar-refractivity contribution in [2.45, 2.75) is 25.9 Å². The van der Waals surface area contributed by atoms with E-state index in [1.807, 2.05) is 6.07 Å². The normalized spacial score (nSPS) is 15.1. The van der Waals surface area contributed by atoms with Gasteiger partial charge in [0.2, 0.25) is 10.0 Å². The number of nitrogen functional groups attached to an aromatic ring is 1. The van der Waals surface area contributed by atoms with Crippen molar-refractivity contribution in [3.63, 3.8) is 0 Å². The number of hydrogen-bond donors (Lipinski definition) is 2. The number of rotatable bonds is 11. The molecule has 1 saturated heterocycles. The highest BCUT2D eigenvalue weighted by Gasteiger charge is 2.26. The van der Waals surface area contributed by atoms with E-state index >= 15 is 0 Å². The number of nitrogens with two attached hydrogens (primary N) is 1. The molecule has 0 atom stereocenters. The Hall–Kier alpha value is -3.37. The molecule has 0 aliphatic carbocycles. The van der Waals surface area contributed by atoms with Crippen LogP contribution in [0.4, 0.5) is 5.69 Å². The van der Waals surface area contributed by atoms with Crippen LogP contribution in [0.3, 0.4) is 0 Å². The maximum absolute atomic E-state index is 13.1. The second kappa shape index (κ2) is 12.5. The summed E-state index contributed by atoms with van der Waals surface area (Å²) >= 11 is 0. The molecule has 10 heteroatoms. The third-order valence-corrected chi connectivity index (χ3v) is 7.45. The lowest BCUT2D eigenvalue weighted by molar-refractivity contribution is -0.139. The van der Waals surface area contributed by atoms with E-state index in [4.69, 9.17) is 20.6 Å². The van der Waals surface area contributed by atoms with Crippen LogP contribution < -0.4 is 14.8 Å². The van der Waals surface area contributed by atoms with Crippen LogP contribution in [0.5, 0.6) is 5.75 Å². The quantitative estimate of drug-likeness (QED) is 0.268. The number of carbonyl (C=O) groups excluding carboxylic acids is 1. The molecule has 9 nitrogen and oxygen atoms in total. The molecule has 0 unspecified atom stereocenters. The molecule has 0 amide bonds. The molecule has 2 aromatic carbocycles. The van der Waals surface area contributed by atoms with Gasteiger partial charge in [0.1, 0.15) is 17.7 Å². The predicted octanol–water partition coefficient (Wildman–Crippen LogP) is 2.86. The largest absolute Gasteiger partial charge is 0.490 e. The highest BCUT2D eigenvalue weighted by atomic mass is 32.2. The summed E-state index contributed by atoms with van der Waals surface area (Å²) in [7, 11) is -1.92. The fourth-order valence-electron chi connectivity index (χ4n) is 3.89. The van der Waals surface area contributed by atoms with Gasteiger partial charge in [0.15, 0.2) is 5.75 Å². The molecule has 1 aliphatic rings. The summed E-state index contributed by atoms with van der Waals surface area (Å²) in [6.45, 7) is 3.68. The second-order valence-electron chi connectivity index (χ2n) is 8.65. The second-order valence-corrected chi connectivity index (χ2v) is 10.5. The Morgan fingerprint density at radius 3 is 2.53 bits per heavy atom. The first-order valence-electron chi connectivity index (χ1n) is 11.9. The molecule has 0 aromatic heterocycles. The van der Waals surface area contributed by atoms with Crippen LogP contribution in [0.15, 0.2) is 54.6 Å². The van der Waals surface area contributed by atoms with Crippen molar-refractivity contribution in [3.8, 4) is 5.75 Å². The maximum Gasteiger partial charge on any atom is 0.323 e. The van der Waals surface area contributed by atoms with Crippen molar-refractivity contribution < 1.29 is 22.7 Å². The van der Waals surface area contributed by atoms with Gasteiger partial charge in [-0.05, 0) is 62.7 Å². The summed E-state index contributed by atoms with van der Waals surface area (Å²) < 4.78 is 38.4. The zero-order valence-corrected chi connectivity index (χ0v) is 21.5. The molecular formula is C26H34N4O5S. The van der Waals surface area contributed by atoms with Gasteiger partial charge in [0.05, 0.1) is 18.8 Å². The monoisotopic (exact) mass is 514 g/mol. The first-order chi connectivity index (χ1) is 17.2. The highest BCUT2D eigenvalue weighted by Crippen LogP contribution is 2.25. The van der Waals surface area contributed by atoms with Gasteiger partial charge in [-0.25, -0.2) is 8.42 Å². The van der Waals surface area contributed by atoms with Gasteiger partial charge >= 0.3 is 5.97 Å². The van der Waals surface area contributed by atoms with Gasteiger partial charge in [-0.2, -0.15) is 0 Å². The van der Waals surface area contributed by atoms with Crippen LogP contribution in [-0.2, 0) is 19.6 Å². The maximum atomic E-state index is 13.1. The Bertz CT molecular complexity index is 1170. The van der Waals surface area contributed by atoms with Gasteiger partial charge in [-0.3, -0.25) is 14.5 Å². The molecule has 0 saturated carbocycles. The standard InChI is InChI=1S/C26H34N4O5S/c1-3-34-25(31)19-36(32,33)30(15-5-7-20-6-4-8-21(18-20)26(27)28)22-9-11-23(12-10-22)35-24-13-16-29(2)17-14-24/h4-12,18,24H,3,13-17,19H2,1-2H3,(H3,27,28)/b7-5+. The Morgan fingerprint density at radius 1 is 1.19 bits per heavy atom. The van der Waals surface area contributed by atoms with Gasteiger partial charge in [-0.1, -0.05) is 30.4 Å². The van der Waals surface area contributed by atoms with E-state index in [0.29, 0.717) is 17.0 Å². The first-order valence-corrected chi connectivity index (χ1v) is 13.5. The predicted molar refractivity (Wildman–Crippen MR) is 142 cm³/mol. The van der Waals surface area contributed by atoms with Crippen molar-refractivity contribution in [2.24, 2.45) is 5.73 Å². The molecule has 36 heavy (non-hydrogen) atoms. The molecule has 194 valence electrons. The first kappa shape index (κ1) is 27.2. The number of piperidine rings is 1. The Balaban J connectivity index is 1.79. The minimum Gasteiger partial charge on any atom is -0.490 e. The number of hydrogen-bond acceptors (Lipinski definition) is 7. The fraction of sp³-hybridized carbons (Fsp3) is 0.385. The SMILES string of the molecule is CCOC(=O)CS(=O)(=O)N(C/C=C/c1cccc(C(=N)N)c1)c1ccc(OC2CCN(C)CC2)cc1. The van der Waals surface area contributed by atoms with Gasteiger partial charge in [0.25, 0.3) is 0 Å². The van der Waals surface area contributed by atoms with E-state index < -0.39 is 21.7 Å². The average Bonchev–Trinajstić information content (AvgIpc) is 2.84. The van der Waals surface area contributed by atoms with E-state index in [-0.39, 0.29) is 25.1 Å². The molecular weight excluding hydrogens is 480 g/mol. The fourth-order valence-corrected chi connectivity index (χ4v) is 5.18. The lowest BCUT2D eigenvalue weighted by Crippen LogP contribution is -2.36. The van der Waals surface area contributed by atoms with Crippen LogP contribution in [0.1, 0.15) is 30.9 Å². The van der Waals surface area contributed by atoms with E-state index in [1.54, 1.807) is 61.5 Å². The number of carbonyl (C=O) groups is 1. The van der Waals surface area contributed by atoms with Crippen molar-refractivity contribution in [1.29, 1.82) is 5.41 Å². The van der Waals surface area contributed by atoms with Crippen LogP contribution >= 0.6 is 0 Å². The molecule has 0 spiro atoms. The van der Waals surface area contributed by atoms with E-state index in [0.717, 1.165) is 31.5 Å². The molecule has 2 aromatic rings. The molecule has 1 heterocycles. The smallest absolute Gasteiger partial charge is 0.323 e. The van der Waals surface area contributed by atoms with Crippen molar-refractivity contribution >= 4 is 33.6 Å². The minimum atomic E-state index is -4.01. The van der Waals surface area contributed by atoms with Crippen molar-refractivity contribution in [2.75, 3.05) is 43.3 Å². The summed E-state index contributed by atoms with van der Waals surface area (Å²) in [5.41, 5.74) is 7.31. The molecule has 3 N–H and O–H groups in total. The lowest BCUT2D eigenvalue weighted by Gasteiger charge is -2.29. The number of ether oxygens (including phenoxy) is 2. The number of nitrogens with one attached hydrogen (secondary N) is 1. The zero-order chi connectivity index (χ0) is 26.1. The molecule has 0 bridgehead atoms. The van der Waals surface area contributed by atoms with E-state index in [9.17, 15) is 13.2 Å². The number of esters is 1. The number of amidine groups is 1. The van der Waals surface area contributed by atoms with Crippen LogP contribution in [0.2, 0.25) is 0 Å². The highest BCUT2D eigenvalue weighted by molar-refractivity contribution is 7.93. The number of nitrogens with zero attached hydrogens (tertiary/aromatic N) is 2. The van der Waals surface area contributed by atoms with Gasteiger partial charge in [-0.15, -0.1) is 0 Å². The van der Waals surface area contributed by atoms with Gasteiger partial charge < -0.3 is 20.1 Å². The Morgan fingerprint density at radius 2 is 1.89 bits per heavy atom. The minimum absolute atomic E-state index is 0.00119. The molecule has 1 fully saturated rings. The van der Waals surface area contributed by atoms with Crippen LogP contribution in [-0.4, -0.2) is 70.3 Å². The van der Waals surface area contributed by atoms with E-state index in [2.05, 4.69) is 11.9 Å². The topological polar surface area (TPSA) is 126 Å². The average molecular weight is 515 g/mol. The molecule has 0 radical (unpaired) electrons. The lowest BCUT2D eigenvalue weighted by atomic mass is 10.1. The third kappa shape index (κ3) is 7.82. The van der Waals surface area contributed by atoms with Crippen molar-refractivity contribution in [3.05, 3.63) is 65.7 Å². The van der Waals surface area contributed by atoms with E-state index in [1.165, 1.54) is 4.31 Å². The van der Waals surface area contributed by atoms with Crippen molar-refractivity contribution in [1.82, 2.24) is 4.90 Å². The Kier molecular flexibility index (Phi) is 9.49. The summed E-state index contributed by atoms with van der Waals surface area (Å²) in [6, 6.07) is 13.9. The zero-order valence-electron chi connectivity index (χ0n) is 20.7. The summed E-state index contributed by atoms with van der Waals surface area (Å²) in [5, 5.41) is 7.59. The molecule has 1 aliphatic heterocycles. The number of likely N-dealkylation sites (tertiary alicyclic amines) is 1. The number of sulfonamides is 1. The van der Waals surface area contributed by atoms with Gasteiger partial charge in [0, 0.05) is 18.7 Å². The summed E-state index contributed by atoms with van der Waals surface area (Å²) in [5.74, 6) is -0.940. The summed E-state index contributed by atoms with van der Waals surface area (Å²) in [6.07, 6.45) is 5.44. The number of anilines is 1. The van der Waals surface area contributed by atoms with Crippen LogP contribution in [0, 0.1) is 5.41 Å². The van der Waals surface area contributed by atoms with Crippen LogP contribution in [0.25, 0.3) is 6.08 Å². The molecule has 3 rings (SSSR count). The third-order valence-electron chi connectivity index (χ3n) is 5.81. The number of benzene rings is 2.